The summed E-state index contributed by atoms with van der Waals surface area (Å²) in [5.74, 6) is -0.932. The fraction of sp³-hybridized carbons (Fsp3) is 0.333. The van der Waals surface area contributed by atoms with Crippen LogP contribution in [0.1, 0.15) is 40.9 Å². The molecule has 5 nitrogen and oxygen atoms in total. The quantitative estimate of drug-likeness (QED) is 0.896. The Morgan fingerprint density at radius 1 is 1.12 bits per heavy atom. The van der Waals surface area contributed by atoms with Crippen LogP contribution in [0.4, 0.5) is 0 Å². The maximum atomic E-state index is 12.8. The second-order valence-corrected chi connectivity index (χ2v) is 6.59. The van der Waals surface area contributed by atoms with Crippen molar-refractivity contribution < 1.29 is 19.4 Å². The number of rotatable bonds is 5. The number of morpholine rings is 1. The summed E-state index contributed by atoms with van der Waals surface area (Å²) in [5, 5.41) is 9.27. The second-order valence-electron chi connectivity index (χ2n) is 6.59. The van der Waals surface area contributed by atoms with Gasteiger partial charge in [0, 0.05) is 6.42 Å². The van der Waals surface area contributed by atoms with Gasteiger partial charge in [0.2, 0.25) is 5.91 Å². The van der Waals surface area contributed by atoms with Crippen molar-refractivity contribution in [2.75, 3.05) is 13.2 Å². The zero-order chi connectivity index (χ0) is 18.5. The van der Waals surface area contributed by atoms with Crippen molar-refractivity contribution in [3.8, 4) is 0 Å². The van der Waals surface area contributed by atoms with Gasteiger partial charge in [-0.25, -0.2) is 4.79 Å². The Labute approximate surface area is 153 Å². The van der Waals surface area contributed by atoms with E-state index in [1.54, 1.807) is 24.3 Å². The number of nitrogens with zero attached hydrogens (tertiary/aromatic N) is 1. The molecule has 1 saturated heterocycles. The maximum absolute atomic E-state index is 12.8. The molecule has 1 N–H and O–H groups in total. The van der Waals surface area contributed by atoms with Crippen LogP contribution in [0.5, 0.6) is 0 Å². The van der Waals surface area contributed by atoms with Crippen molar-refractivity contribution in [2.24, 2.45) is 0 Å². The SMILES string of the molecule is CC1COC(c2ccccc2)CN1C(=O)CCc1ccccc1C(=O)O. The van der Waals surface area contributed by atoms with Crippen LogP contribution in [0.3, 0.4) is 0 Å². The maximum Gasteiger partial charge on any atom is 0.335 e. The minimum atomic E-state index is -0.961. The van der Waals surface area contributed by atoms with Gasteiger partial charge in [-0.1, -0.05) is 48.5 Å². The van der Waals surface area contributed by atoms with Crippen LogP contribution in [0.15, 0.2) is 54.6 Å². The topological polar surface area (TPSA) is 66.8 Å². The number of ether oxygens (including phenoxy) is 1. The molecule has 3 rings (SSSR count). The Kier molecular flexibility index (Phi) is 5.68. The Morgan fingerprint density at radius 2 is 1.81 bits per heavy atom. The molecule has 0 bridgehead atoms. The number of carboxylic acid groups (broad SMARTS) is 1. The van der Waals surface area contributed by atoms with E-state index in [9.17, 15) is 14.7 Å². The van der Waals surface area contributed by atoms with Crippen molar-refractivity contribution in [1.82, 2.24) is 4.90 Å². The third kappa shape index (κ3) is 4.11. The van der Waals surface area contributed by atoms with E-state index in [-0.39, 0.29) is 30.0 Å². The minimum absolute atomic E-state index is 0.0113. The molecule has 1 fully saturated rings. The van der Waals surface area contributed by atoms with E-state index in [4.69, 9.17) is 4.74 Å². The average molecular weight is 353 g/mol. The molecule has 2 atom stereocenters. The molecule has 0 aliphatic carbocycles. The van der Waals surface area contributed by atoms with Crippen molar-refractivity contribution in [1.29, 1.82) is 0 Å². The summed E-state index contributed by atoms with van der Waals surface area (Å²) in [7, 11) is 0. The first-order valence-electron chi connectivity index (χ1n) is 8.83. The molecule has 0 saturated carbocycles. The predicted molar refractivity (Wildman–Crippen MR) is 98.0 cm³/mol. The summed E-state index contributed by atoms with van der Waals surface area (Å²) in [6, 6.07) is 16.8. The molecule has 5 heteroatoms. The van der Waals surface area contributed by atoms with Crippen LogP contribution in [0, 0.1) is 0 Å². The van der Waals surface area contributed by atoms with Gasteiger partial charge in [-0.2, -0.15) is 0 Å². The highest BCUT2D eigenvalue weighted by atomic mass is 16.5. The van der Waals surface area contributed by atoms with Gasteiger partial charge >= 0.3 is 5.97 Å². The molecule has 0 spiro atoms. The van der Waals surface area contributed by atoms with Gasteiger partial charge in [0.05, 0.1) is 24.8 Å². The molecule has 2 unspecified atom stereocenters. The third-order valence-electron chi connectivity index (χ3n) is 4.78. The van der Waals surface area contributed by atoms with E-state index in [1.165, 1.54) is 0 Å². The first-order valence-corrected chi connectivity index (χ1v) is 8.83. The largest absolute Gasteiger partial charge is 0.478 e. The van der Waals surface area contributed by atoms with Crippen LogP contribution in [0.25, 0.3) is 0 Å². The van der Waals surface area contributed by atoms with Crippen molar-refractivity contribution in [3.05, 3.63) is 71.3 Å². The van der Waals surface area contributed by atoms with E-state index < -0.39 is 5.97 Å². The highest BCUT2D eigenvalue weighted by Gasteiger charge is 2.30. The summed E-state index contributed by atoms with van der Waals surface area (Å²) < 4.78 is 5.90. The highest BCUT2D eigenvalue weighted by Crippen LogP contribution is 2.25. The van der Waals surface area contributed by atoms with Gasteiger partial charge in [0.25, 0.3) is 0 Å². The molecular weight excluding hydrogens is 330 g/mol. The number of carbonyl (C=O) groups is 2. The lowest BCUT2D eigenvalue weighted by molar-refractivity contribution is -0.144. The Hall–Kier alpha value is -2.66. The Bertz CT molecular complexity index is 775. The lowest BCUT2D eigenvalue weighted by Gasteiger charge is -2.38. The van der Waals surface area contributed by atoms with Gasteiger partial charge in [0.15, 0.2) is 0 Å². The van der Waals surface area contributed by atoms with Crippen molar-refractivity contribution >= 4 is 11.9 Å². The lowest BCUT2D eigenvalue weighted by Crippen LogP contribution is -2.48. The highest BCUT2D eigenvalue weighted by molar-refractivity contribution is 5.89. The summed E-state index contributed by atoms with van der Waals surface area (Å²) in [6.07, 6.45) is 0.583. The number of aryl methyl sites for hydroxylation is 1. The summed E-state index contributed by atoms with van der Waals surface area (Å²) in [6.45, 7) is 2.99. The van der Waals surface area contributed by atoms with E-state index in [2.05, 4.69) is 0 Å². The smallest absolute Gasteiger partial charge is 0.335 e. The molecule has 0 aromatic heterocycles. The normalized spacial score (nSPS) is 20.0. The first-order chi connectivity index (χ1) is 12.6. The number of aromatic carboxylic acids is 1. The van der Waals surface area contributed by atoms with E-state index in [1.807, 2.05) is 42.2 Å². The molecule has 1 heterocycles. The molecule has 1 aliphatic heterocycles. The summed E-state index contributed by atoms with van der Waals surface area (Å²) in [5.41, 5.74) is 2.01. The van der Waals surface area contributed by atoms with E-state index >= 15 is 0 Å². The fourth-order valence-electron chi connectivity index (χ4n) is 3.31. The van der Waals surface area contributed by atoms with Crippen LogP contribution in [0.2, 0.25) is 0 Å². The van der Waals surface area contributed by atoms with Crippen LogP contribution in [-0.4, -0.2) is 41.1 Å². The van der Waals surface area contributed by atoms with Crippen LogP contribution in [-0.2, 0) is 16.0 Å². The summed E-state index contributed by atoms with van der Waals surface area (Å²) >= 11 is 0. The molecule has 1 amide bonds. The number of benzene rings is 2. The predicted octanol–water partition coefficient (Wildman–Crippen LogP) is 3.31. The number of hydrogen-bond acceptors (Lipinski definition) is 3. The number of amides is 1. The minimum Gasteiger partial charge on any atom is -0.478 e. The van der Waals surface area contributed by atoms with Crippen LogP contribution >= 0.6 is 0 Å². The molecule has 2 aromatic carbocycles. The van der Waals surface area contributed by atoms with E-state index in [0.29, 0.717) is 25.1 Å². The van der Waals surface area contributed by atoms with Crippen molar-refractivity contribution in [3.63, 3.8) is 0 Å². The van der Waals surface area contributed by atoms with Gasteiger partial charge in [-0.3, -0.25) is 4.79 Å². The summed E-state index contributed by atoms with van der Waals surface area (Å²) in [4.78, 5) is 25.9. The zero-order valence-electron chi connectivity index (χ0n) is 14.8. The molecule has 1 aliphatic rings. The third-order valence-corrected chi connectivity index (χ3v) is 4.78. The molecule has 136 valence electrons. The number of carbonyl (C=O) groups excluding carboxylic acids is 1. The fourth-order valence-corrected chi connectivity index (χ4v) is 3.31. The van der Waals surface area contributed by atoms with Gasteiger partial charge in [-0.05, 0) is 30.5 Å². The zero-order valence-corrected chi connectivity index (χ0v) is 14.8. The standard InChI is InChI=1S/C21H23NO4/c1-15-14-26-19(17-8-3-2-4-9-17)13-22(15)20(23)12-11-16-7-5-6-10-18(16)21(24)25/h2-10,15,19H,11-14H2,1H3,(H,24,25). The Balaban J connectivity index is 1.66. The van der Waals surface area contributed by atoms with E-state index in [0.717, 1.165) is 5.56 Å². The molecule has 2 aromatic rings. The monoisotopic (exact) mass is 353 g/mol. The second kappa shape index (κ2) is 8.15. The number of hydrogen-bond donors (Lipinski definition) is 1. The van der Waals surface area contributed by atoms with Gasteiger partial charge < -0.3 is 14.7 Å². The number of carboxylic acids is 1. The van der Waals surface area contributed by atoms with Gasteiger partial charge in [0.1, 0.15) is 6.10 Å². The molecule has 26 heavy (non-hydrogen) atoms. The van der Waals surface area contributed by atoms with Gasteiger partial charge in [-0.15, -0.1) is 0 Å². The first kappa shape index (κ1) is 18.1. The van der Waals surface area contributed by atoms with Crippen LogP contribution < -0.4 is 0 Å². The molecule has 0 radical (unpaired) electrons. The Morgan fingerprint density at radius 3 is 2.54 bits per heavy atom. The molecular formula is C21H23NO4. The average Bonchev–Trinajstić information content (AvgIpc) is 2.67. The van der Waals surface area contributed by atoms with Crippen molar-refractivity contribution in [2.45, 2.75) is 31.9 Å². The lowest BCUT2D eigenvalue weighted by atomic mass is 10.0.